The second-order valence-electron chi connectivity index (χ2n) is 6.24. The lowest BCUT2D eigenvalue weighted by atomic mass is 10.0. The Morgan fingerprint density at radius 1 is 1.26 bits per heavy atom. The van der Waals surface area contributed by atoms with Crippen LogP contribution in [0.4, 0.5) is 5.95 Å². The average Bonchev–Trinajstić information content (AvgIpc) is 3.24. The van der Waals surface area contributed by atoms with Crippen LogP contribution in [-0.2, 0) is 11.3 Å². The first-order valence-electron chi connectivity index (χ1n) is 8.29. The number of anilines is 1. The maximum Gasteiger partial charge on any atom is 0.222 e. The Bertz CT molecular complexity index is 606. The molecule has 0 aromatic carbocycles. The molecule has 3 atom stereocenters. The Morgan fingerprint density at radius 3 is 3.00 bits per heavy atom. The average molecular weight is 330 g/mol. The highest BCUT2D eigenvalue weighted by Gasteiger charge is 2.42. The number of hydrogen-bond acceptors (Lipinski definition) is 6. The van der Waals surface area contributed by atoms with Crippen molar-refractivity contribution < 1.29 is 4.74 Å². The van der Waals surface area contributed by atoms with Gasteiger partial charge in [-0.15, -0.1) is 11.3 Å². The van der Waals surface area contributed by atoms with Crippen molar-refractivity contribution in [1.82, 2.24) is 14.9 Å². The molecule has 0 spiro atoms. The summed E-state index contributed by atoms with van der Waals surface area (Å²) in [4.78, 5) is 12.5. The molecule has 1 aliphatic carbocycles. The van der Waals surface area contributed by atoms with E-state index in [1.54, 1.807) is 12.4 Å². The monoisotopic (exact) mass is 330 g/mol. The number of thiophene rings is 1. The van der Waals surface area contributed by atoms with Crippen molar-refractivity contribution >= 4 is 17.3 Å². The van der Waals surface area contributed by atoms with Gasteiger partial charge in [0.1, 0.15) is 0 Å². The maximum atomic E-state index is 6.13. The van der Waals surface area contributed by atoms with Crippen molar-refractivity contribution in [3.05, 3.63) is 40.8 Å². The zero-order chi connectivity index (χ0) is 15.5. The number of hydrogen-bond donors (Lipinski definition) is 1. The first kappa shape index (κ1) is 15.1. The summed E-state index contributed by atoms with van der Waals surface area (Å²) in [5.41, 5.74) is 0. The molecule has 0 radical (unpaired) electrons. The fraction of sp³-hybridized carbons (Fsp3) is 0.529. The lowest BCUT2D eigenvalue weighted by Crippen LogP contribution is -2.50. The Balaban J connectivity index is 1.37. The predicted molar refractivity (Wildman–Crippen MR) is 91.5 cm³/mol. The number of nitrogens with one attached hydrogen (secondary N) is 1. The van der Waals surface area contributed by atoms with E-state index >= 15 is 0 Å². The normalized spacial score (nSPS) is 27.7. The van der Waals surface area contributed by atoms with Crippen molar-refractivity contribution in [2.45, 2.75) is 31.5 Å². The van der Waals surface area contributed by atoms with Gasteiger partial charge in [-0.1, -0.05) is 6.07 Å². The first-order chi connectivity index (χ1) is 11.4. The van der Waals surface area contributed by atoms with Crippen molar-refractivity contribution in [3.63, 3.8) is 0 Å². The number of nitrogens with zero attached hydrogens (tertiary/aromatic N) is 3. The van der Waals surface area contributed by atoms with Crippen LogP contribution in [0, 0.1) is 5.92 Å². The Labute approximate surface area is 140 Å². The van der Waals surface area contributed by atoms with Crippen LogP contribution in [-0.4, -0.2) is 46.7 Å². The molecule has 3 heterocycles. The van der Waals surface area contributed by atoms with Crippen molar-refractivity contribution in [2.24, 2.45) is 5.92 Å². The Morgan fingerprint density at radius 2 is 2.17 bits per heavy atom. The largest absolute Gasteiger partial charge is 0.375 e. The molecule has 5 nitrogen and oxygen atoms in total. The molecule has 0 unspecified atom stereocenters. The number of ether oxygens (including phenoxy) is 1. The minimum atomic E-state index is 0.333. The van der Waals surface area contributed by atoms with E-state index in [0.29, 0.717) is 24.0 Å². The zero-order valence-electron chi connectivity index (χ0n) is 13.1. The highest BCUT2D eigenvalue weighted by molar-refractivity contribution is 7.09. The molecule has 23 heavy (non-hydrogen) atoms. The lowest BCUT2D eigenvalue weighted by Gasteiger charge is -2.39. The highest BCUT2D eigenvalue weighted by Crippen LogP contribution is 2.35. The lowest BCUT2D eigenvalue weighted by molar-refractivity contribution is -0.0742. The van der Waals surface area contributed by atoms with Gasteiger partial charge in [-0.2, -0.15) is 0 Å². The molecular formula is C17H22N4OS. The summed E-state index contributed by atoms with van der Waals surface area (Å²) in [5, 5.41) is 5.52. The fourth-order valence-corrected chi connectivity index (χ4v) is 4.50. The van der Waals surface area contributed by atoms with Gasteiger partial charge in [0, 0.05) is 48.9 Å². The minimum absolute atomic E-state index is 0.333. The van der Waals surface area contributed by atoms with E-state index in [2.05, 4.69) is 37.7 Å². The molecule has 2 fully saturated rings. The van der Waals surface area contributed by atoms with Gasteiger partial charge in [-0.05, 0) is 30.4 Å². The van der Waals surface area contributed by atoms with Crippen LogP contribution in [0.5, 0.6) is 0 Å². The number of morpholine rings is 1. The van der Waals surface area contributed by atoms with Crippen LogP contribution in [0.25, 0.3) is 0 Å². The fourth-order valence-electron chi connectivity index (χ4n) is 3.77. The van der Waals surface area contributed by atoms with Crippen molar-refractivity contribution in [2.75, 3.05) is 25.0 Å². The zero-order valence-corrected chi connectivity index (χ0v) is 13.9. The highest BCUT2D eigenvalue weighted by atomic mass is 32.1. The summed E-state index contributed by atoms with van der Waals surface area (Å²) in [6, 6.07) is 6.76. The standard InChI is InChI=1S/C17H22N4OS/c1-3-14(23-10-1)12-21-8-9-22-16-13(4-5-15(16)21)11-20-17-18-6-2-7-19-17/h1-3,6-7,10,13,15-16H,4-5,8-9,11-12H2,(H,18,19,20)/t13-,15-,16+/m0/s1. The van der Waals surface area contributed by atoms with Crippen LogP contribution < -0.4 is 5.32 Å². The summed E-state index contributed by atoms with van der Waals surface area (Å²) in [7, 11) is 0. The van der Waals surface area contributed by atoms with Gasteiger partial charge in [0.25, 0.3) is 0 Å². The van der Waals surface area contributed by atoms with Gasteiger partial charge in [-0.25, -0.2) is 9.97 Å². The maximum absolute atomic E-state index is 6.13. The van der Waals surface area contributed by atoms with E-state index in [9.17, 15) is 0 Å². The van der Waals surface area contributed by atoms with Gasteiger partial charge in [-0.3, -0.25) is 4.90 Å². The molecule has 1 saturated carbocycles. The third kappa shape index (κ3) is 3.39. The summed E-state index contributed by atoms with van der Waals surface area (Å²) in [6.45, 7) is 3.83. The molecule has 0 amide bonds. The molecular weight excluding hydrogens is 308 g/mol. The van der Waals surface area contributed by atoms with Gasteiger partial charge in [0.15, 0.2) is 0 Å². The molecule has 1 saturated heterocycles. The van der Waals surface area contributed by atoms with Gasteiger partial charge in [0.2, 0.25) is 5.95 Å². The van der Waals surface area contributed by atoms with Crippen LogP contribution in [0.3, 0.4) is 0 Å². The molecule has 2 aliphatic rings. The molecule has 2 aromatic heterocycles. The molecule has 0 bridgehead atoms. The number of rotatable bonds is 5. The summed E-state index contributed by atoms with van der Waals surface area (Å²) in [5.74, 6) is 1.25. The van der Waals surface area contributed by atoms with E-state index in [1.807, 2.05) is 17.4 Å². The molecule has 2 aromatic rings. The topological polar surface area (TPSA) is 50.3 Å². The van der Waals surface area contributed by atoms with E-state index in [-0.39, 0.29) is 0 Å². The predicted octanol–water partition coefficient (Wildman–Crippen LogP) is 2.63. The van der Waals surface area contributed by atoms with E-state index in [0.717, 1.165) is 26.2 Å². The van der Waals surface area contributed by atoms with Gasteiger partial charge >= 0.3 is 0 Å². The molecule has 6 heteroatoms. The number of fused-ring (bicyclic) bond motifs is 1. The van der Waals surface area contributed by atoms with E-state index < -0.39 is 0 Å². The van der Waals surface area contributed by atoms with Crippen LogP contribution in [0.1, 0.15) is 17.7 Å². The van der Waals surface area contributed by atoms with E-state index in [4.69, 9.17) is 4.74 Å². The second-order valence-corrected chi connectivity index (χ2v) is 7.28. The van der Waals surface area contributed by atoms with Crippen molar-refractivity contribution in [1.29, 1.82) is 0 Å². The van der Waals surface area contributed by atoms with Crippen LogP contribution >= 0.6 is 11.3 Å². The molecule has 4 rings (SSSR count). The summed E-state index contributed by atoms with van der Waals surface area (Å²) < 4.78 is 6.13. The van der Waals surface area contributed by atoms with Gasteiger partial charge < -0.3 is 10.1 Å². The van der Waals surface area contributed by atoms with Gasteiger partial charge in [0.05, 0.1) is 12.7 Å². The Hall–Kier alpha value is -1.50. The summed E-state index contributed by atoms with van der Waals surface area (Å²) in [6.07, 6.45) is 6.30. The third-order valence-electron chi connectivity index (χ3n) is 4.86. The molecule has 122 valence electrons. The first-order valence-corrected chi connectivity index (χ1v) is 9.17. The summed E-state index contributed by atoms with van der Waals surface area (Å²) >= 11 is 1.85. The Kier molecular flexibility index (Phi) is 4.55. The number of aromatic nitrogens is 2. The minimum Gasteiger partial charge on any atom is -0.375 e. The van der Waals surface area contributed by atoms with Crippen LogP contribution in [0.15, 0.2) is 36.0 Å². The van der Waals surface area contributed by atoms with Crippen LogP contribution in [0.2, 0.25) is 0 Å². The van der Waals surface area contributed by atoms with Crippen molar-refractivity contribution in [3.8, 4) is 0 Å². The molecule has 1 N–H and O–H groups in total. The molecule has 1 aliphatic heterocycles. The van der Waals surface area contributed by atoms with E-state index in [1.165, 1.54) is 17.7 Å². The quantitative estimate of drug-likeness (QED) is 0.913. The SMILES string of the molecule is c1cnc(NC[C@@H]2CC[C@H]3[C@@H]2OCCN3Cc2cccs2)nc1. The third-order valence-corrected chi connectivity index (χ3v) is 5.72. The smallest absolute Gasteiger partial charge is 0.222 e. The second kappa shape index (κ2) is 6.95.